The highest BCUT2D eigenvalue weighted by molar-refractivity contribution is 5.34. The lowest BCUT2D eigenvalue weighted by atomic mass is 9.85. The van der Waals surface area contributed by atoms with E-state index in [4.69, 9.17) is 4.74 Å². The Bertz CT molecular complexity index is 366. The molecule has 0 aliphatic rings. The molecule has 1 aromatic carbocycles. The van der Waals surface area contributed by atoms with Crippen molar-refractivity contribution in [2.45, 2.75) is 39.7 Å². The molecule has 0 N–H and O–H groups in total. The molecule has 0 heterocycles. The van der Waals surface area contributed by atoms with Crippen LogP contribution in [0.1, 0.15) is 37.5 Å². The summed E-state index contributed by atoms with van der Waals surface area (Å²) in [5.74, 6) is 0. The van der Waals surface area contributed by atoms with Crippen LogP contribution in [0.3, 0.4) is 0 Å². The van der Waals surface area contributed by atoms with Gasteiger partial charge in [-0.3, -0.25) is 4.90 Å². The molecule has 0 aliphatic heterocycles. The van der Waals surface area contributed by atoms with Crippen molar-refractivity contribution in [2.24, 2.45) is 0 Å². The van der Waals surface area contributed by atoms with Gasteiger partial charge in [-0.2, -0.15) is 0 Å². The number of ether oxygens (including phenoxy) is 1. The van der Waals surface area contributed by atoms with Crippen LogP contribution in [-0.2, 0) is 16.7 Å². The molecule has 0 radical (unpaired) electrons. The molecule has 96 valence electrons. The van der Waals surface area contributed by atoms with E-state index in [0.717, 1.165) is 6.54 Å². The molecule has 0 amide bonds. The van der Waals surface area contributed by atoms with Crippen molar-refractivity contribution < 1.29 is 4.74 Å². The van der Waals surface area contributed by atoms with Gasteiger partial charge in [0, 0.05) is 13.7 Å². The molecule has 1 rings (SSSR count). The fourth-order valence-corrected chi connectivity index (χ4v) is 1.90. The first kappa shape index (κ1) is 14.2. The van der Waals surface area contributed by atoms with Crippen LogP contribution in [0.4, 0.5) is 0 Å². The van der Waals surface area contributed by atoms with E-state index in [9.17, 15) is 0 Å². The van der Waals surface area contributed by atoms with Gasteiger partial charge in [0.25, 0.3) is 0 Å². The second-order valence-electron chi connectivity index (χ2n) is 5.82. The van der Waals surface area contributed by atoms with E-state index in [-0.39, 0.29) is 5.41 Å². The van der Waals surface area contributed by atoms with Crippen molar-refractivity contribution in [3.63, 3.8) is 0 Å². The molecule has 0 saturated heterocycles. The molecular formula is C15H25NO. The first-order valence-corrected chi connectivity index (χ1v) is 6.12. The van der Waals surface area contributed by atoms with Crippen molar-refractivity contribution in [3.05, 3.63) is 34.9 Å². The van der Waals surface area contributed by atoms with E-state index >= 15 is 0 Å². The zero-order valence-electron chi connectivity index (χ0n) is 12.0. The van der Waals surface area contributed by atoms with Gasteiger partial charge in [0.05, 0.1) is 6.73 Å². The Morgan fingerprint density at radius 3 is 2.35 bits per heavy atom. The Kier molecular flexibility index (Phi) is 4.72. The molecule has 0 fully saturated rings. The topological polar surface area (TPSA) is 12.5 Å². The smallest absolute Gasteiger partial charge is 0.0986 e. The Hall–Kier alpha value is -0.860. The fraction of sp³-hybridized carbons (Fsp3) is 0.600. The van der Waals surface area contributed by atoms with Gasteiger partial charge in [0.1, 0.15) is 0 Å². The average molecular weight is 235 g/mol. The average Bonchev–Trinajstić information content (AvgIpc) is 2.20. The minimum Gasteiger partial charge on any atom is -0.369 e. The van der Waals surface area contributed by atoms with E-state index in [1.54, 1.807) is 7.11 Å². The van der Waals surface area contributed by atoms with Crippen LogP contribution in [0, 0.1) is 6.92 Å². The summed E-state index contributed by atoms with van der Waals surface area (Å²) in [6, 6.07) is 6.78. The maximum absolute atomic E-state index is 5.12. The fourth-order valence-electron chi connectivity index (χ4n) is 1.90. The number of hydrogen-bond acceptors (Lipinski definition) is 2. The summed E-state index contributed by atoms with van der Waals surface area (Å²) in [5, 5.41) is 0. The van der Waals surface area contributed by atoms with Gasteiger partial charge < -0.3 is 4.74 Å². The minimum absolute atomic E-state index is 0.224. The van der Waals surface area contributed by atoms with Gasteiger partial charge in [0.15, 0.2) is 0 Å². The Balaban J connectivity index is 2.83. The number of benzene rings is 1. The summed E-state index contributed by atoms with van der Waals surface area (Å²) in [4.78, 5) is 2.17. The summed E-state index contributed by atoms with van der Waals surface area (Å²) in [7, 11) is 3.80. The number of nitrogens with zero attached hydrogens (tertiary/aromatic N) is 1. The van der Waals surface area contributed by atoms with E-state index in [1.807, 2.05) is 0 Å². The predicted molar refractivity (Wildman–Crippen MR) is 73.2 cm³/mol. The molecular weight excluding hydrogens is 210 g/mol. The highest BCUT2D eigenvalue weighted by Crippen LogP contribution is 2.24. The van der Waals surface area contributed by atoms with Crippen molar-refractivity contribution in [1.29, 1.82) is 0 Å². The Morgan fingerprint density at radius 2 is 1.88 bits per heavy atom. The molecule has 0 aliphatic carbocycles. The predicted octanol–water partition coefficient (Wildman–Crippen LogP) is 3.33. The monoisotopic (exact) mass is 235 g/mol. The largest absolute Gasteiger partial charge is 0.369 e. The zero-order chi connectivity index (χ0) is 13.1. The van der Waals surface area contributed by atoms with Crippen LogP contribution in [0.5, 0.6) is 0 Å². The van der Waals surface area contributed by atoms with Crippen molar-refractivity contribution >= 4 is 0 Å². The van der Waals surface area contributed by atoms with Crippen LogP contribution in [-0.4, -0.2) is 25.8 Å². The Morgan fingerprint density at radius 1 is 1.24 bits per heavy atom. The van der Waals surface area contributed by atoms with Gasteiger partial charge in [-0.05, 0) is 36.1 Å². The molecule has 0 saturated carbocycles. The third kappa shape index (κ3) is 4.14. The lowest BCUT2D eigenvalue weighted by Gasteiger charge is -2.22. The summed E-state index contributed by atoms with van der Waals surface area (Å²) < 4.78 is 5.12. The Labute approximate surface area is 106 Å². The maximum Gasteiger partial charge on any atom is 0.0986 e. The molecule has 0 aromatic heterocycles. The lowest BCUT2D eigenvalue weighted by molar-refractivity contribution is 0.0770. The van der Waals surface area contributed by atoms with Crippen molar-refractivity contribution in [3.8, 4) is 0 Å². The lowest BCUT2D eigenvalue weighted by Crippen LogP contribution is -2.21. The third-order valence-electron chi connectivity index (χ3n) is 3.00. The van der Waals surface area contributed by atoms with Gasteiger partial charge >= 0.3 is 0 Å². The van der Waals surface area contributed by atoms with Gasteiger partial charge in [-0.15, -0.1) is 0 Å². The van der Waals surface area contributed by atoms with E-state index in [0.29, 0.717) is 6.73 Å². The summed E-state index contributed by atoms with van der Waals surface area (Å²) in [5.41, 5.74) is 4.35. The SMILES string of the molecule is COCN(C)Cc1ccc(C(C)(C)C)cc1C. The van der Waals surface area contributed by atoms with E-state index in [1.165, 1.54) is 16.7 Å². The number of methoxy groups -OCH3 is 1. The second kappa shape index (κ2) is 5.65. The third-order valence-corrected chi connectivity index (χ3v) is 3.00. The van der Waals surface area contributed by atoms with Gasteiger partial charge in [-0.1, -0.05) is 39.0 Å². The minimum atomic E-state index is 0.224. The summed E-state index contributed by atoms with van der Waals surface area (Å²) >= 11 is 0. The number of aryl methyl sites for hydroxylation is 1. The first-order valence-electron chi connectivity index (χ1n) is 6.12. The van der Waals surface area contributed by atoms with Crippen LogP contribution in [0.25, 0.3) is 0 Å². The van der Waals surface area contributed by atoms with Crippen molar-refractivity contribution in [2.75, 3.05) is 20.9 Å². The van der Waals surface area contributed by atoms with Crippen LogP contribution in [0.2, 0.25) is 0 Å². The zero-order valence-corrected chi connectivity index (χ0v) is 12.0. The van der Waals surface area contributed by atoms with E-state index in [2.05, 4.69) is 57.8 Å². The van der Waals surface area contributed by atoms with Crippen LogP contribution >= 0.6 is 0 Å². The first-order chi connectivity index (χ1) is 7.84. The molecule has 0 bridgehead atoms. The van der Waals surface area contributed by atoms with Gasteiger partial charge in [-0.25, -0.2) is 0 Å². The van der Waals surface area contributed by atoms with Crippen molar-refractivity contribution in [1.82, 2.24) is 4.90 Å². The maximum atomic E-state index is 5.12. The van der Waals surface area contributed by atoms with Crippen LogP contribution < -0.4 is 0 Å². The molecule has 0 atom stereocenters. The molecule has 0 spiro atoms. The van der Waals surface area contributed by atoms with Gasteiger partial charge in [0.2, 0.25) is 0 Å². The highest BCUT2D eigenvalue weighted by atomic mass is 16.5. The molecule has 2 heteroatoms. The van der Waals surface area contributed by atoms with Crippen LogP contribution in [0.15, 0.2) is 18.2 Å². The molecule has 2 nitrogen and oxygen atoms in total. The summed E-state index contributed by atoms with van der Waals surface area (Å²) in [6.07, 6.45) is 0. The molecule has 0 unspecified atom stereocenters. The van der Waals surface area contributed by atoms with E-state index < -0.39 is 0 Å². The second-order valence-corrected chi connectivity index (χ2v) is 5.82. The highest BCUT2D eigenvalue weighted by Gasteiger charge is 2.14. The normalized spacial score (nSPS) is 12.2. The number of hydrogen-bond donors (Lipinski definition) is 0. The standard InChI is InChI=1S/C15H25NO/c1-12-9-14(15(2,3)4)8-7-13(12)10-16(5)11-17-6/h7-9H,10-11H2,1-6H3. The number of rotatable bonds is 4. The molecule has 17 heavy (non-hydrogen) atoms. The quantitative estimate of drug-likeness (QED) is 0.742. The molecule has 1 aromatic rings. The summed E-state index contributed by atoms with van der Waals surface area (Å²) in [6.45, 7) is 10.5.